The summed E-state index contributed by atoms with van der Waals surface area (Å²) >= 11 is 0. The predicted molar refractivity (Wildman–Crippen MR) is 50.1 cm³/mol. The van der Waals surface area contributed by atoms with Gasteiger partial charge in [-0.05, 0) is 11.6 Å². The molecule has 66 valence electrons. The van der Waals surface area contributed by atoms with E-state index >= 15 is 0 Å². The maximum absolute atomic E-state index is 10.5. The lowest BCUT2D eigenvalue weighted by atomic mass is 10.1. The van der Waals surface area contributed by atoms with E-state index in [1.807, 2.05) is 0 Å². The van der Waals surface area contributed by atoms with Gasteiger partial charge in [-0.15, -0.1) is 0 Å². The highest BCUT2D eigenvalue weighted by Crippen LogP contribution is 2.07. The predicted octanol–water partition coefficient (Wildman–Crippen LogP) is 0.998. The van der Waals surface area contributed by atoms with Crippen LogP contribution in [0.25, 0.3) is 6.08 Å². The molecule has 1 amide bonds. The van der Waals surface area contributed by atoms with Gasteiger partial charge in [0.25, 0.3) is 0 Å². The van der Waals surface area contributed by atoms with Crippen molar-refractivity contribution in [3.8, 4) is 0 Å². The molecule has 1 aromatic carbocycles. The van der Waals surface area contributed by atoms with Crippen molar-refractivity contribution < 1.29 is 9.59 Å². The number of carbonyl (C=O) groups excluding carboxylic acids is 2. The molecule has 13 heavy (non-hydrogen) atoms. The van der Waals surface area contributed by atoms with Crippen molar-refractivity contribution in [1.29, 1.82) is 0 Å². The highest BCUT2D eigenvalue weighted by Gasteiger charge is 1.95. The van der Waals surface area contributed by atoms with Gasteiger partial charge < -0.3 is 5.73 Å². The average Bonchev–Trinajstić information content (AvgIpc) is 2.15. The molecule has 0 unspecified atom stereocenters. The Kier molecular flexibility index (Phi) is 2.97. The number of hydrogen-bond acceptors (Lipinski definition) is 2. The standard InChI is InChI=1S/C10H9NO2/c11-10(13)6-5-8-3-1-2-4-9(8)7-12/h1-7H,(H2,11,13). The zero-order valence-corrected chi connectivity index (χ0v) is 6.94. The Bertz CT molecular complexity index is 356. The Hall–Kier alpha value is -1.90. The Morgan fingerprint density at radius 3 is 2.38 bits per heavy atom. The van der Waals surface area contributed by atoms with Crippen LogP contribution in [0, 0.1) is 0 Å². The van der Waals surface area contributed by atoms with Crippen LogP contribution < -0.4 is 5.73 Å². The number of aldehydes is 1. The van der Waals surface area contributed by atoms with E-state index in [0.29, 0.717) is 11.1 Å². The quantitative estimate of drug-likeness (QED) is 0.550. The molecule has 0 radical (unpaired) electrons. The van der Waals surface area contributed by atoms with E-state index in [9.17, 15) is 9.59 Å². The van der Waals surface area contributed by atoms with Gasteiger partial charge in [-0.1, -0.05) is 24.3 Å². The summed E-state index contributed by atoms with van der Waals surface area (Å²) in [6.07, 6.45) is 3.48. The van der Waals surface area contributed by atoms with Gasteiger partial charge in [0.15, 0.2) is 6.29 Å². The number of rotatable bonds is 3. The van der Waals surface area contributed by atoms with Crippen LogP contribution in [-0.4, -0.2) is 12.2 Å². The van der Waals surface area contributed by atoms with Crippen molar-refractivity contribution in [3.63, 3.8) is 0 Å². The number of carbonyl (C=O) groups is 2. The molecule has 0 fully saturated rings. The molecule has 3 nitrogen and oxygen atoms in total. The monoisotopic (exact) mass is 175 g/mol. The average molecular weight is 175 g/mol. The van der Waals surface area contributed by atoms with E-state index in [2.05, 4.69) is 0 Å². The van der Waals surface area contributed by atoms with Gasteiger partial charge in [0.05, 0.1) is 0 Å². The molecule has 0 saturated carbocycles. The molecular weight excluding hydrogens is 166 g/mol. The lowest BCUT2D eigenvalue weighted by molar-refractivity contribution is -0.113. The van der Waals surface area contributed by atoms with Crippen LogP contribution in [0.15, 0.2) is 30.3 Å². The van der Waals surface area contributed by atoms with Gasteiger partial charge in [0, 0.05) is 11.6 Å². The Labute approximate surface area is 75.9 Å². The second-order valence-corrected chi connectivity index (χ2v) is 2.48. The molecule has 0 saturated heterocycles. The molecule has 2 N–H and O–H groups in total. The molecule has 0 aliphatic rings. The summed E-state index contributed by atoms with van der Waals surface area (Å²) in [5, 5.41) is 0. The minimum Gasteiger partial charge on any atom is -0.366 e. The third kappa shape index (κ3) is 2.56. The first kappa shape index (κ1) is 9.19. The van der Waals surface area contributed by atoms with Crippen molar-refractivity contribution in [1.82, 2.24) is 0 Å². The number of benzene rings is 1. The summed E-state index contributed by atoms with van der Waals surface area (Å²) in [5.41, 5.74) is 6.15. The van der Waals surface area contributed by atoms with Crippen LogP contribution in [-0.2, 0) is 4.79 Å². The normalized spacial score (nSPS) is 10.2. The summed E-state index contributed by atoms with van der Waals surface area (Å²) < 4.78 is 0. The zero-order chi connectivity index (χ0) is 9.68. The van der Waals surface area contributed by atoms with Gasteiger partial charge >= 0.3 is 0 Å². The minimum absolute atomic E-state index is 0.527. The van der Waals surface area contributed by atoms with Crippen molar-refractivity contribution >= 4 is 18.3 Å². The number of nitrogens with two attached hydrogens (primary N) is 1. The fourth-order valence-corrected chi connectivity index (χ4v) is 0.942. The van der Waals surface area contributed by atoms with Crippen LogP contribution >= 0.6 is 0 Å². The van der Waals surface area contributed by atoms with Gasteiger partial charge in [-0.2, -0.15) is 0 Å². The Balaban J connectivity index is 3.00. The fourth-order valence-electron chi connectivity index (χ4n) is 0.942. The second kappa shape index (κ2) is 4.21. The zero-order valence-electron chi connectivity index (χ0n) is 6.94. The summed E-state index contributed by atoms with van der Waals surface area (Å²) in [6.45, 7) is 0. The maximum Gasteiger partial charge on any atom is 0.241 e. The van der Waals surface area contributed by atoms with E-state index in [1.165, 1.54) is 12.2 Å². The Morgan fingerprint density at radius 2 is 1.85 bits per heavy atom. The van der Waals surface area contributed by atoms with E-state index in [4.69, 9.17) is 5.73 Å². The van der Waals surface area contributed by atoms with E-state index in [1.54, 1.807) is 24.3 Å². The summed E-state index contributed by atoms with van der Waals surface area (Å²) in [7, 11) is 0. The third-order valence-electron chi connectivity index (χ3n) is 1.55. The molecule has 3 heteroatoms. The topological polar surface area (TPSA) is 60.2 Å². The fraction of sp³-hybridized carbons (Fsp3) is 0. The van der Waals surface area contributed by atoms with Crippen LogP contribution in [0.2, 0.25) is 0 Å². The molecule has 0 aromatic heterocycles. The molecule has 0 spiro atoms. The largest absolute Gasteiger partial charge is 0.366 e. The van der Waals surface area contributed by atoms with Crippen molar-refractivity contribution in [2.75, 3.05) is 0 Å². The van der Waals surface area contributed by atoms with Gasteiger partial charge in [-0.3, -0.25) is 9.59 Å². The second-order valence-electron chi connectivity index (χ2n) is 2.48. The van der Waals surface area contributed by atoms with Crippen LogP contribution in [0.5, 0.6) is 0 Å². The molecule has 1 rings (SSSR count). The number of amides is 1. The van der Waals surface area contributed by atoms with E-state index in [-0.39, 0.29) is 0 Å². The SMILES string of the molecule is NC(=O)C=Cc1ccccc1C=O. The molecule has 0 aliphatic carbocycles. The first-order chi connectivity index (χ1) is 6.24. The smallest absolute Gasteiger partial charge is 0.241 e. The van der Waals surface area contributed by atoms with E-state index in [0.717, 1.165) is 6.29 Å². The lowest BCUT2D eigenvalue weighted by Gasteiger charge is -1.95. The third-order valence-corrected chi connectivity index (χ3v) is 1.55. The van der Waals surface area contributed by atoms with Crippen LogP contribution in [0.4, 0.5) is 0 Å². The minimum atomic E-state index is -0.527. The van der Waals surface area contributed by atoms with Crippen LogP contribution in [0.3, 0.4) is 0 Å². The van der Waals surface area contributed by atoms with Gasteiger partial charge in [0.2, 0.25) is 5.91 Å². The molecule has 1 aromatic rings. The molecule has 0 atom stereocenters. The highest BCUT2D eigenvalue weighted by atomic mass is 16.1. The van der Waals surface area contributed by atoms with Gasteiger partial charge in [0.1, 0.15) is 0 Å². The van der Waals surface area contributed by atoms with E-state index < -0.39 is 5.91 Å². The maximum atomic E-state index is 10.5. The Morgan fingerprint density at radius 1 is 1.23 bits per heavy atom. The molecule has 0 heterocycles. The first-order valence-corrected chi connectivity index (χ1v) is 3.76. The summed E-state index contributed by atoms with van der Waals surface area (Å²) in [4.78, 5) is 20.9. The summed E-state index contributed by atoms with van der Waals surface area (Å²) in [6, 6.07) is 6.95. The lowest BCUT2D eigenvalue weighted by Crippen LogP contribution is -2.05. The first-order valence-electron chi connectivity index (χ1n) is 3.76. The highest BCUT2D eigenvalue weighted by molar-refractivity contribution is 5.92. The number of primary amides is 1. The van der Waals surface area contributed by atoms with Crippen LogP contribution in [0.1, 0.15) is 15.9 Å². The molecular formula is C10H9NO2. The number of hydrogen-bond donors (Lipinski definition) is 1. The van der Waals surface area contributed by atoms with Crippen molar-refractivity contribution in [2.24, 2.45) is 5.73 Å². The molecule has 0 aliphatic heterocycles. The molecule has 0 bridgehead atoms. The van der Waals surface area contributed by atoms with Crippen molar-refractivity contribution in [3.05, 3.63) is 41.5 Å². The van der Waals surface area contributed by atoms with Crippen molar-refractivity contribution in [2.45, 2.75) is 0 Å². The summed E-state index contributed by atoms with van der Waals surface area (Å²) in [5.74, 6) is -0.527. The van der Waals surface area contributed by atoms with Gasteiger partial charge in [-0.25, -0.2) is 0 Å².